The van der Waals surface area contributed by atoms with Gasteiger partial charge in [-0.2, -0.15) is 0 Å². The van der Waals surface area contributed by atoms with Crippen LogP contribution in [0.15, 0.2) is 30.3 Å². The SMILES string of the molecule is COc1cc(C(=O)NC(N)=S)cc(Cl)c1OCc1ccc(Cl)c(Cl)c1. The van der Waals surface area contributed by atoms with Gasteiger partial charge in [0.25, 0.3) is 5.91 Å². The Kier molecular flexibility index (Phi) is 6.72. The molecule has 0 aliphatic heterocycles. The van der Waals surface area contributed by atoms with Crippen LogP contribution in [0.4, 0.5) is 0 Å². The molecule has 3 N–H and O–H groups in total. The molecule has 0 fully saturated rings. The number of nitrogens with two attached hydrogens (primary N) is 1. The lowest BCUT2D eigenvalue weighted by atomic mass is 10.2. The monoisotopic (exact) mass is 418 g/mol. The van der Waals surface area contributed by atoms with Crippen molar-refractivity contribution in [2.24, 2.45) is 5.73 Å². The Morgan fingerprint density at radius 1 is 1.16 bits per heavy atom. The highest BCUT2D eigenvalue weighted by molar-refractivity contribution is 7.80. The number of methoxy groups -OCH3 is 1. The van der Waals surface area contributed by atoms with E-state index in [4.69, 9.17) is 50.0 Å². The number of benzene rings is 2. The fourth-order valence-corrected chi connectivity index (χ4v) is 2.64. The molecule has 0 saturated heterocycles. The predicted octanol–water partition coefficient (Wildman–Crippen LogP) is 4.21. The van der Waals surface area contributed by atoms with Gasteiger partial charge in [0.05, 0.1) is 22.2 Å². The van der Waals surface area contributed by atoms with Gasteiger partial charge in [0.15, 0.2) is 16.6 Å². The van der Waals surface area contributed by atoms with E-state index in [1.807, 2.05) is 0 Å². The van der Waals surface area contributed by atoms with Gasteiger partial charge in [-0.05, 0) is 42.0 Å². The molecule has 25 heavy (non-hydrogen) atoms. The maximum absolute atomic E-state index is 12.0. The highest BCUT2D eigenvalue weighted by Gasteiger charge is 2.16. The molecule has 9 heteroatoms. The second-order valence-electron chi connectivity index (χ2n) is 4.84. The summed E-state index contributed by atoms with van der Waals surface area (Å²) in [5.41, 5.74) is 6.32. The molecule has 0 aliphatic carbocycles. The number of thiocarbonyl (C=S) groups is 1. The number of carbonyl (C=O) groups excluding carboxylic acids is 1. The van der Waals surface area contributed by atoms with E-state index in [-0.39, 0.29) is 22.3 Å². The molecule has 2 aromatic carbocycles. The standard InChI is InChI=1S/C16H13Cl3N2O3S/c1-23-13-6-9(15(22)21-16(20)25)5-12(19)14(13)24-7-8-2-3-10(17)11(18)4-8/h2-6H,7H2,1H3,(H3,20,21,22,25). The summed E-state index contributed by atoms with van der Waals surface area (Å²) in [5.74, 6) is 0.0893. The van der Waals surface area contributed by atoms with Gasteiger partial charge in [-0.25, -0.2) is 0 Å². The minimum absolute atomic E-state index is 0.139. The molecule has 0 heterocycles. The number of rotatable bonds is 5. The number of nitrogens with one attached hydrogen (secondary N) is 1. The van der Waals surface area contributed by atoms with Crippen molar-refractivity contribution in [3.63, 3.8) is 0 Å². The van der Waals surface area contributed by atoms with Crippen LogP contribution in [0.25, 0.3) is 0 Å². The minimum Gasteiger partial charge on any atom is -0.493 e. The number of halogens is 3. The van der Waals surface area contributed by atoms with Gasteiger partial charge >= 0.3 is 0 Å². The average molecular weight is 420 g/mol. The lowest BCUT2D eigenvalue weighted by Crippen LogP contribution is -2.34. The fraction of sp³-hybridized carbons (Fsp3) is 0.125. The first kappa shape index (κ1) is 19.6. The maximum Gasteiger partial charge on any atom is 0.257 e. The van der Waals surface area contributed by atoms with Gasteiger partial charge < -0.3 is 15.2 Å². The first-order valence-electron chi connectivity index (χ1n) is 6.87. The topological polar surface area (TPSA) is 73.6 Å². The van der Waals surface area contributed by atoms with E-state index >= 15 is 0 Å². The van der Waals surface area contributed by atoms with Crippen molar-refractivity contribution in [1.29, 1.82) is 0 Å². The minimum atomic E-state index is -0.497. The second kappa shape index (κ2) is 8.58. The third-order valence-electron chi connectivity index (χ3n) is 3.10. The third-order valence-corrected chi connectivity index (χ3v) is 4.22. The van der Waals surface area contributed by atoms with E-state index in [0.717, 1.165) is 5.56 Å². The number of carbonyl (C=O) groups is 1. The molecule has 1 amide bonds. The van der Waals surface area contributed by atoms with Crippen molar-refractivity contribution in [3.8, 4) is 11.5 Å². The van der Waals surface area contributed by atoms with Crippen molar-refractivity contribution in [1.82, 2.24) is 5.32 Å². The van der Waals surface area contributed by atoms with Crippen molar-refractivity contribution in [2.45, 2.75) is 6.61 Å². The normalized spacial score (nSPS) is 10.2. The van der Waals surface area contributed by atoms with Crippen LogP contribution in [0.1, 0.15) is 15.9 Å². The molecule has 5 nitrogen and oxygen atoms in total. The predicted molar refractivity (Wildman–Crippen MR) is 103 cm³/mol. The molecule has 0 saturated carbocycles. The molecule has 0 unspecified atom stereocenters. The Morgan fingerprint density at radius 3 is 2.48 bits per heavy atom. The van der Waals surface area contributed by atoms with Gasteiger partial charge in [-0.15, -0.1) is 0 Å². The highest BCUT2D eigenvalue weighted by Crippen LogP contribution is 2.37. The van der Waals surface area contributed by atoms with E-state index in [1.165, 1.54) is 19.2 Å². The summed E-state index contributed by atoms with van der Waals surface area (Å²) in [4.78, 5) is 12.0. The Labute approximate surface area is 164 Å². The zero-order valence-electron chi connectivity index (χ0n) is 12.9. The van der Waals surface area contributed by atoms with Gasteiger partial charge in [-0.3, -0.25) is 10.1 Å². The summed E-state index contributed by atoms with van der Waals surface area (Å²) < 4.78 is 11.0. The summed E-state index contributed by atoms with van der Waals surface area (Å²) in [6.07, 6.45) is 0. The molecular weight excluding hydrogens is 407 g/mol. The van der Waals surface area contributed by atoms with Crippen LogP contribution in [0.3, 0.4) is 0 Å². The van der Waals surface area contributed by atoms with Crippen LogP contribution < -0.4 is 20.5 Å². The van der Waals surface area contributed by atoms with Crippen molar-refractivity contribution in [2.75, 3.05) is 7.11 Å². The Bertz CT molecular complexity index is 831. The van der Waals surface area contributed by atoms with E-state index in [1.54, 1.807) is 18.2 Å². The maximum atomic E-state index is 12.0. The van der Waals surface area contributed by atoms with Crippen LogP contribution in [-0.4, -0.2) is 18.1 Å². The summed E-state index contributed by atoms with van der Waals surface area (Å²) in [6.45, 7) is 0.186. The first-order chi connectivity index (χ1) is 11.8. The molecule has 0 radical (unpaired) electrons. The summed E-state index contributed by atoms with van der Waals surface area (Å²) in [5, 5.41) is 3.25. The highest BCUT2D eigenvalue weighted by atomic mass is 35.5. The lowest BCUT2D eigenvalue weighted by molar-refractivity contribution is 0.0977. The third kappa shape index (κ3) is 5.12. The van der Waals surface area contributed by atoms with E-state index in [2.05, 4.69) is 17.5 Å². The van der Waals surface area contributed by atoms with E-state index in [0.29, 0.717) is 21.5 Å². The van der Waals surface area contributed by atoms with E-state index < -0.39 is 5.91 Å². The molecule has 0 aromatic heterocycles. The zero-order valence-corrected chi connectivity index (χ0v) is 16.0. The van der Waals surface area contributed by atoms with Gasteiger partial charge in [0.2, 0.25) is 0 Å². The Balaban J connectivity index is 2.23. The zero-order chi connectivity index (χ0) is 18.6. The molecule has 0 aliphatic rings. The van der Waals surface area contributed by atoms with Crippen molar-refractivity contribution >= 4 is 58.0 Å². The van der Waals surface area contributed by atoms with Crippen LogP contribution in [0, 0.1) is 0 Å². The second-order valence-corrected chi connectivity index (χ2v) is 6.51. The molecule has 132 valence electrons. The average Bonchev–Trinajstić information content (AvgIpc) is 2.55. The van der Waals surface area contributed by atoms with Crippen LogP contribution >= 0.6 is 47.0 Å². The summed E-state index contributed by atoms with van der Waals surface area (Å²) in [6, 6.07) is 8.04. The number of hydrogen-bond donors (Lipinski definition) is 2. The molecule has 2 aromatic rings. The lowest BCUT2D eigenvalue weighted by Gasteiger charge is -2.14. The Morgan fingerprint density at radius 2 is 1.88 bits per heavy atom. The smallest absolute Gasteiger partial charge is 0.257 e. The quantitative estimate of drug-likeness (QED) is 0.710. The fourth-order valence-electron chi connectivity index (χ4n) is 1.96. The van der Waals surface area contributed by atoms with Crippen molar-refractivity contribution < 1.29 is 14.3 Å². The van der Waals surface area contributed by atoms with Crippen molar-refractivity contribution in [3.05, 3.63) is 56.5 Å². The van der Waals surface area contributed by atoms with Gasteiger partial charge in [0, 0.05) is 5.56 Å². The number of hydrogen-bond acceptors (Lipinski definition) is 4. The molecule has 0 atom stereocenters. The largest absolute Gasteiger partial charge is 0.493 e. The first-order valence-corrected chi connectivity index (χ1v) is 8.41. The molecule has 0 bridgehead atoms. The molecule has 0 spiro atoms. The molecular formula is C16H13Cl3N2O3S. The van der Waals surface area contributed by atoms with Crippen LogP contribution in [0.5, 0.6) is 11.5 Å². The van der Waals surface area contributed by atoms with E-state index in [9.17, 15) is 4.79 Å². The molecule has 2 rings (SSSR count). The van der Waals surface area contributed by atoms with Crippen LogP contribution in [-0.2, 0) is 6.61 Å². The summed E-state index contributed by atoms with van der Waals surface area (Å²) >= 11 is 22.7. The van der Waals surface area contributed by atoms with Gasteiger partial charge in [-0.1, -0.05) is 40.9 Å². The van der Waals surface area contributed by atoms with Crippen LogP contribution in [0.2, 0.25) is 15.1 Å². The number of ether oxygens (including phenoxy) is 2. The number of amides is 1. The van der Waals surface area contributed by atoms with Gasteiger partial charge in [0.1, 0.15) is 6.61 Å². The summed E-state index contributed by atoms with van der Waals surface area (Å²) in [7, 11) is 1.44. The Hall–Kier alpha value is -1.73.